The number of aryl methyl sites for hydroxylation is 2. The van der Waals surface area contributed by atoms with Gasteiger partial charge in [-0.05, 0) is 37.3 Å². The zero-order valence-corrected chi connectivity index (χ0v) is 11.9. The van der Waals surface area contributed by atoms with Crippen molar-refractivity contribution in [3.05, 3.63) is 22.9 Å². The van der Waals surface area contributed by atoms with E-state index in [2.05, 4.69) is 10.3 Å². The van der Waals surface area contributed by atoms with Gasteiger partial charge in [0, 0.05) is 12.2 Å². The highest BCUT2D eigenvalue weighted by atomic mass is 16.6. The van der Waals surface area contributed by atoms with Crippen LogP contribution in [0.15, 0.2) is 6.07 Å². The van der Waals surface area contributed by atoms with Crippen LogP contribution in [0.1, 0.15) is 34.5 Å². The Morgan fingerprint density at radius 3 is 3.00 bits per heavy atom. The largest absolute Gasteiger partial charge is 0.478 e. The minimum absolute atomic E-state index is 0.0572. The highest BCUT2D eigenvalue weighted by Crippen LogP contribution is 2.25. The molecule has 21 heavy (non-hydrogen) atoms. The lowest BCUT2D eigenvalue weighted by Gasteiger charge is -2.24. The fraction of sp³-hybridized carbons (Fsp3) is 0.600. The highest BCUT2D eigenvalue weighted by molar-refractivity contribution is 5.93. The summed E-state index contributed by atoms with van der Waals surface area (Å²) in [5.74, 6) is -0.503. The first-order valence-electron chi connectivity index (χ1n) is 7.43. The number of ether oxygens (including phenoxy) is 2. The summed E-state index contributed by atoms with van der Waals surface area (Å²) in [6.45, 7) is 2.23. The molecule has 114 valence electrons. The van der Waals surface area contributed by atoms with Gasteiger partial charge in [-0.15, -0.1) is 0 Å². The van der Waals surface area contributed by atoms with Crippen molar-refractivity contribution in [2.45, 2.75) is 31.8 Å². The smallest absolute Gasteiger partial charge is 0.339 e. The number of nitrogens with zero attached hydrogens (tertiary/aromatic N) is 1. The van der Waals surface area contributed by atoms with Crippen LogP contribution in [0.4, 0.5) is 5.82 Å². The molecule has 6 heteroatoms. The molecule has 0 radical (unpaired) electrons. The second-order valence-corrected chi connectivity index (χ2v) is 5.45. The molecule has 0 aromatic carbocycles. The summed E-state index contributed by atoms with van der Waals surface area (Å²) in [5, 5.41) is 12.5. The zero-order chi connectivity index (χ0) is 14.7. The van der Waals surface area contributed by atoms with Crippen molar-refractivity contribution in [2.75, 3.05) is 31.7 Å². The molecule has 0 bridgehead atoms. The van der Waals surface area contributed by atoms with Gasteiger partial charge in [0.25, 0.3) is 0 Å². The summed E-state index contributed by atoms with van der Waals surface area (Å²) >= 11 is 0. The summed E-state index contributed by atoms with van der Waals surface area (Å²) in [6.07, 6.45) is 4.01. The van der Waals surface area contributed by atoms with Crippen LogP contribution >= 0.6 is 0 Å². The van der Waals surface area contributed by atoms with E-state index in [1.807, 2.05) is 0 Å². The maximum absolute atomic E-state index is 11.4. The molecule has 1 aliphatic heterocycles. The lowest BCUT2D eigenvalue weighted by Crippen LogP contribution is -2.34. The molecule has 6 nitrogen and oxygen atoms in total. The second kappa shape index (κ2) is 6.41. The maximum atomic E-state index is 11.4. The predicted octanol–water partition coefficient (Wildman–Crippen LogP) is 1.49. The molecule has 2 aliphatic rings. The Morgan fingerprint density at radius 2 is 2.24 bits per heavy atom. The Kier molecular flexibility index (Phi) is 4.36. The molecule has 1 aromatic heterocycles. The third-order valence-corrected chi connectivity index (χ3v) is 3.91. The van der Waals surface area contributed by atoms with Crippen molar-refractivity contribution in [3.63, 3.8) is 0 Å². The molecule has 1 atom stereocenters. The first-order chi connectivity index (χ1) is 10.2. The van der Waals surface area contributed by atoms with E-state index in [1.165, 1.54) is 0 Å². The maximum Gasteiger partial charge on any atom is 0.339 e. The Bertz CT molecular complexity index is 527. The summed E-state index contributed by atoms with van der Waals surface area (Å²) in [5.41, 5.74) is 2.34. The molecule has 2 N–H and O–H groups in total. The van der Waals surface area contributed by atoms with Gasteiger partial charge >= 0.3 is 5.97 Å². The number of carboxylic acid groups (broad SMARTS) is 1. The Balaban J connectivity index is 1.77. The number of anilines is 1. The number of pyridine rings is 1. The minimum atomic E-state index is -0.945. The van der Waals surface area contributed by atoms with Gasteiger partial charge in [0.1, 0.15) is 11.4 Å². The Hall–Kier alpha value is -1.66. The number of fused-ring (bicyclic) bond motifs is 1. The molecule has 2 heterocycles. The van der Waals surface area contributed by atoms with E-state index in [9.17, 15) is 9.90 Å². The van der Waals surface area contributed by atoms with Gasteiger partial charge < -0.3 is 19.9 Å². The van der Waals surface area contributed by atoms with Gasteiger partial charge in [0.15, 0.2) is 0 Å². The number of aromatic nitrogens is 1. The molecule has 1 aromatic rings. The Labute approximate surface area is 123 Å². The average molecular weight is 292 g/mol. The van der Waals surface area contributed by atoms with E-state index in [-0.39, 0.29) is 11.7 Å². The third kappa shape index (κ3) is 3.33. The number of hydrogen-bond donors (Lipinski definition) is 2. The van der Waals surface area contributed by atoms with E-state index < -0.39 is 5.97 Å². The molecule has 1 unspecified atom stereocenters. The van der Waals surface area contributed by atoms with Crippen LogP contribution in [0, 0.1) is 0 Å². The molecule has 1 fully saturated rings. The van der Waals surface area contributed by atoms with Crippen LogP contribution in [0.2, 0.25) is 0 Å². The molecular weight excluding hydrogens is 272 g/mol. The number of aromatic carboxylic acids is 1. The first-order valence-corrected chi connectivity index (χ1v) is 7.43. The molecule has 3 rings (SSSR count). The zero-order valence-electron chi connectivity index (χ0n) is 11.9. The van der Waals surface area contributed by atoms with Crippen molar-refractivity contribution in [1.82, 2.24) is 4.98 Å². The number of rotatable bonds is 4. The third-order valence-electron chi connectivity index (χ3n) is 3.91. The fourth-order valence-corrected chi connectivity index (χ4v) is 2.80. The van der Waals surface area contributed by atoms with E-state index in [0.29, 0.717) is 32.2 Å². The van der Waals surface area contributed by atoms with Crippen molar-refractivity contribution in [2.24, 2.45) is 0 Å². The molecule has 0 saturated carbocycles. The molecular formula is C15H20N2O4. The predicted molar refractivity (Wildman–Crippen MR) is 76.9 cm³/mol. The van der Waals surface area contributed by atoms with Crippen LogP contribution in [0.5, 0.6) is 0 Å². The summed E-state index contributed by atoms with van der Waals surface area (Å²) in [6, 6.07) is 1.77. The van der Waals surface area contributed by atoms with Gasteiger partial charge in [0.2, 0.25) is 0 Å². The van der Waals surface area contributed by atoms with E-state index >= 15 is 0 Å². The van der Waals surface area contributed by atoms with Crippen LogP contribution in [0.25, 0.3) is 0 Å². The molecule has 0 spiro atoms. The SMILES string of the molecule is O=C(O)c1cc2c(nc1NCC1COCCO1)CCCC2. The lowest BCUT2D eigenvalue weighted by molar-refractivity contribution is -0.0819. The van der Waals surface area contributed by atoms with Crippen molar-refractivity contribution < 1.29 is 19.4 Å². The molecule has 1 saturated heterocycles. The summed E-state index contributed by atoms with van der Waals surface area (Å²) in [4.78, 5) is 16.0. The quantitative estimate of drug-likeness (QED) is 0.875. The summed E-state index contributed by atoms with van der Waals surface area (Å²) in [7, 11) is 0. The number of carboxylic acids is 1. The normalized spacial score (nSPS) is 21.6. The van der Waals surface area contributed by atoms with Gasteiger partial charge in [-0.2, -0.15) is 0 Å². The van der Waals surface area contributed by atoms with E-state index in [0.717, 1.165) is 36.9 Å². The Morgan fingerprint density at radius 1 is 1.38 bits per heavy atom. The average Bonchev–Trinajstić information content (AvgIpc) is 2.53. The van der Waals surface area contributed by atoms with Crippen molar-refractivity contribution >= 4 is 11.8 Å². The van der Waals surface area contributed by atoms with Crippen molar-refractivity contribution in [1.29, 1.82) is 0 Å². The van der Waals surface area contributed by atoms with Gasteiger partial charge in [0.05, 0.1) is 25.9 Å². The second-order valence-electron chi connectivity index (χ2n) is 5.45. The summed E-state index contributed by atoms with van der Waals surface area (Å²) < 4.78 is 10.9. The highest BCUT2D eigenvalue weighted by Gasteiger charge is 2.20. The first kappa shape index (κ1) is 14.3. The molecule has 1 aliphatic carbocycles. The minimum Gasteiger partial charge on any atom is -0.478 e. The van der Waals surface area contributed by atoms with Crippen LogP contribution in [-0.2, 0) is 22.3 Å². The number of hydrogen-bond acceptors (Lipinski definition) is 5. The van der Waals surface area contributed by atoms with Gasteiger partial charge in [-0.3, -0.25) is 0 Å². The molecule has 0 amide bonds. The van der Waals surface area contributed by atoms with Crippen LogP contribution in [-0.4, -0.2) is 48.5 Å². The van der Waals surface area contributed by atoms with Gasteiger partial charge in [-0.1, -0.05) is 0 Å². The van der Waals surface area contributed by atoms with Crippen LogP contribution < -0.4 is 5.32 Å². The van der Waals surface area contributed by atoms with Crippen molar-refractivity contribution in [3.8, 4) is 0 Å². The number of carbonyl (C=O) groups is 1. The number of nitrogens with one attached hydrogen (secondary N) is 1. The van der Waals surface area contributed by atoms with E-state index in [1.54, 1.807) is 6.07 Å². The monoisotopic (exact) mass is 292 g/mol. The van der Waals surface area contributed by atoms with E-state index in [4.69, 9.17) is 9.47 Å². The lowest BCUT2D eigenvalue weighted by atomic mass is 9.94. The van der Waals surface area contributed by atoms with Crippen LogP contribution in [0.3, 0.4) is 0 Å². The van der Waals surface area contributed by atoms with Gasteiger partial charge in [-0.25, -0.2) is 9.78 Å². The standard InChI is InChI=1S/C15H20N2O4/c18-15(19)12-7-10-3-1-2-4-13(10)17-14(12)16-8-11-9-20-5-6-21-11/h7,11H,1-6,8-9H2,(H,16,17)(H,18,19). The fourth-order valence-electron chi connectivity index (χ4n) is 2.80. The topological polar surface area (TPSA) is 80.7 Å².